The molecule has 0 aliphatic carbocycles. The van der Waals surface area contributed by atoms with E-state index in [-0.39, 0.29) is 5.91 Å². The lowest BCUT2D eigenvalue weighted by Gasteiger charge is -1.99. The molecule has 4 heteroatoms. The van der Waals surface area contributed by atoms with Gasteiger partial charge in [-0.05, 0) is 51.9 Å². The van der Waals surface area contributed by atoms with Crippen molar-refractivity contribution in [2.24, 2.45) is 0 Å². The number of thiazole rings is 1. The molecule has 0 saturated heterocycles. The van der Waals surface area contributed by atoms with Crippen molar-refractivity contribution >= 4 is 22.4 Å². The standard InChI is InChI=1S/C24H36N2OS/c1-3-4-5-6-7-8-9-10-11-12-13-14-15-16-17-18-19-20-23(27)26-24-25-22(2)21-28-24/h7-8,10-11,13-14,16-17,21H,3-6,9,12,15,18-20H2,1-2H3,(H,25,26,27). The molecule has 3 nitrogen and oxygen atoms in total. The van der Waals surface area contributed by atoms with Crippen molar-refractivity contribution < 1.29 is 4.79 Å². The van der Waals surface area contributed by atoms with Gasteiger partial charge in [0.1, 0.15) is 0 Å². The van der Waals surface area contributed by atoms with E-state index in [4.69, 9.17) is 0 Å². The summed E-state index contributed by atoms with van der Waals surface area (Å²) >= 11 is 1.47. The highest BCUT2D eigenvalue weighted by molar-refractivity contribution is 7.13. The zero-order valence-corrected chi connectivity index (χ0v) is 18.3. The zero-order valence-electron chi connectivity index (χ0n) is 17.5. The number of aryl methyl sites for hydroxylation is 1. The van der Waals surface area contributed by atoms with Gasteiger partial charge in [-0.25, -0.2) is 4.98 Å². The lowest BCUT2D eigenvalue weighted by atomic mass is 10.2. The first-order chi connectivity index (χ1) is 13.7. The molecule has 0 aromatic carbocycles. The fraction of sp³-hybridized carbons (Fsp3) is 0.500. The molecule has 0 aliphatic rings. The normalized spacial score (nSPS) is 12.2. The number of unbranched alkanes of at least 4 members (excludes halogenated alkanes) is 4. The topological polar surface area (TPSA) is 42.0 Å². The maximum Gasteiger partial charge on any atom is 0.226 e. The van der Waals surface area contributed by atoms with Gasteiger partial charge in [-0.15, -0.1) is 11.3 Å². The van der Waals surface area contributed by atoms with Crippen molar-refractivity contribution in [2.75, 3.05) is 5.32 Å². The van der Waals surface area contributed by atoms with Gasteiger partial charge in [0, 0.05) is 11.8 Å². The van der Waals surface area contributed by atoms with Crippen LogP contribution in [0.25, 0.3) is 0 Å². The lowest BCUT2D eigenvalue weighted by Crippen LogP contribution is -2.10. The molecule has 154 valence electrons. The number of aromatic nitrogens is 1. The third-order valence-corrected chi connectivity index (χ3v) is 4.97. The van der Waals surface area contributed by atoms with Crippen molar-refractivity contribution in [1.82, 2.24) is 4.98 Å². The first kappa shape index (κ1) is 24.1. The molecular formula is C24H36N2OS. The second-order valence-corrected chi connectivity index (χ2v) is 7.68. The number of anilines is 1. The first-order valence-corrected chi connectivity index (χ1v) is 11.4. The van der Waals surface area contributed by atoms with E-state index < -0.39 is 0 Å². The van der Waals surface area contributed by atoms with E-state index >= 15 is 0 Å². The zero-order chi connectivity index (χ0) is 20.3. The molecule has 0 atom stereocenters. The molecule has 0 bridgehead atoms. The van der Waals surface area contributed by atoms with Crippen molar-refractivity contribution in [2.45, 2.75) is 78.1 Å². The fourth-order valence-corrected chi connectivity index (χ4v) is 3.24. The van der Waals surface area contributed by atoms with Crippen molar-refractivity contribution in [3.8, 4) is 0 Å². The van der Waals surface area contributed by atoms with Gasteiger partial charge >= 0.3 is 0 Å². The average molecular weight is 401 g/mol. The Morgan fingerprint density at radius 3 is 2.04 bits per heavy atom. The van der Waals surface area contributed by atoms with Crippen LogP contribution in [0.5, 0.6) is 0 Å². The molecular weight excluding hydrogens is 364 g/mol. The number of carbonyl (C=O) groups is 1. The Balaban J connectivity index is 1.95. The number of nitrogens with one attached hydrogen (secondary N) is 1. The van der Waals surface area contributed by atoms with Gasteiger partial charge in [0.05, 0.1) is 5.69 Å². The van der Waals surface area contributed by atoms with Gasteiger partial charge in [-0.3, -0.25) is 4.79 Å². The first-order valence-electron chi connectivity index (χ1n) is 10.5. The molecule has 1 heterocycles. The third kappa shape index (κ3) is 14.2. The van der Waals surface area contributed by atoms with Gasteiger partial charge < -0.3 is 5.32 Å². The monoisotopic (exact) mass is 400 g/mol. The van der Waals surface area contributed by atoms with Gasteiger partial charge in [0.25, 0.3) is 0 Å². The Bertz CT molecular complexity index is 641. The SMILES string of the molecule is CCCCCC=CCC=CCC=CCC=CCCCC(=O)Nc1nc(C)cs1. The summed E-state index contributed by atoms with van der Waals surface area (Å²) in [5.41, 5.74) is 0.946. The number of carbonyl (C=O) groups excluding carboxylic acids is 1. The van der Waals surface area contributed by atoms with Crippen LogP contribution in [0.1, 0.15) is 76.8 Å². The predicted molar refractivity (Wildman–Crippen MR) is 124 cm³/mol. The van der Waals surface area contributed by atoms with Crippen LogP contribution in [-0.2, 0) is 4.79 Å². The van der Waals surface area contributed by atoms with Crippen LogP contribution in [0, 0.1) is 6.92 Å². The number of hydrogen-bond donors (Lipinski definition) is 1. The van der Waals surface area contributed by atoms with Crippen LogP contribution < -0.4 is 5.32 Å². The molecule has 1 N–H and O–H groups in total. The summed E-state index contributed by atoms with van der Waals surface area (Å²) < 4.78 is 0. The summed E-state index contributed by atoms with van der Waals surface area (Å²) in [6.45, 7) is 4.17. The fourth-order valence-electron chi connectivity index (χ4n) is 2.53. The number of rotatable bonds is 15. The third-order valence-electron chi connectivity index (χ3n) is 4.10. The van der Waals surface area contributed by atoms with Gasteiger partial charge in [-0.2, -0.15) is 0 Å². The minimum Gasteiger partial charge on any atom is -0.302 e. The van der Waals surface area contributed by atoms with Crippen LogP contribution >= 0.6 is 11.3 Å². The van der Waals surface area contributed by atoms with Gasteiger partial charge in [0.15, 0.2) is 5.13 Å². The quantitative estimate of drug-likeness (QED) is 0.244. The molecule has 0 radical (unpaired) electrons. The van der Waals surface area contributed by atoms with Gasteiger partial charge in [-0.1, -0.05) is 68.4 Å². The number of nitrogens with zero attached hydrogens (tertiary/aromatic N) is 1. The molecule has 0 spiro atoms. The minimum atomic E-state index is 0.0465. The number of allylic oxidation sites excluding steroid dienone is 8. The van der Waals surface area contributed by atoms with E-state index in [9.17, 15) is 4.79 Å². The summed E-state index contributed by atoms with van der Waals surface area (Å²) in [5, 5.41) is 5.47. The molecule has 1 amide bonds. The molecule has 1 aromatic rings. The van der Waals surface area contributed by atoms with Crippen molar-refractivity contribution in [3.63, 3.8) is 0 Å². The van der Waals surface area contributed by atoms with Crippen LogP contribution in [0.3, 0.4) is 0 Å². The van der Waals surface area contributed by atoms with Crippen molar-refractivity contribution in [3.05, 3.63) is 59.7 Å². The van der Waals surface area contributed by atoms with Gasteiger partial charge in [0.2, 0.25) is 5.91 Å². The molecule has 0 aliphatic heterocycles. The summed E-state index contributed by atoms with van der Waals surface area (Å²) in [5.74, 6) is 0.0465. The highest BCUT2D eigenvalue weighted by Crippen LogP contribution is 2.14. The molecule has 0 saturated carbocycles. The van der Waals surface area contributed by atoms with Crippen LogP contribution in [0.4, 0.5) is 5.13 Å². The van der Waals surface area contributed by atoms with E-state index in [0.717, 1.165) is 37.8 Å². The maximum atomic E-state index is 11.8. The highest BCUT2D eigenvalue weighted by Gasteiger charge is 2.04. The summed E-state index contributed by atoms with van der Waals surface area (Å²) in [6.07, 6.45) is 28.2. The van der Waals surface area contributed by atoms with E-state index in [1.807, 2.05) is 12.3 Å². The Morgan fingerprint density at radius 2 is 1.50 bits per heavy atom. The lowest BCUT2D eigenvalue weighted by molar-refractivity contribution is -0.116. The largest absolute Gasteiger partial charge is 0.302 e. The Morgan fingerprint density at radius 1 is 0.929 bits per heavy atom. The number of amides is 1. The molecule has 1 aromatic heterocycles. The van der Waals surface area contributed by atoms with E-state index in [1.165, 1.54) is 37.0 Å². The second kappa shape index (κ2) is 17.2. The molecule has 1 rings (SSSR count). The summed E-state index contributed by atoms with van der Waals surface area (Å²) in [4.78, 5) is 16.0. The Labute approximate surface area is 175 Å². The number of hydrogen-bond acceptors (Lipinski definition) is 3. The van der Waals surface area contributed by atoms with E-state index in [1.54, 1.807) is 0 Å². The van der Waals surface area contributed by atoms with E-state index in [2.05, 4.69) is 65.8 Å². The Kier molecular flexibility index (Phi) is 14.8. The predicted octanol–water partition coefficient (Wildman–Crippen LogP) is 7.54. The minimum absolute atomic E-state index is 0.0465. The summed E-state index contributed by atoms with van der Waals surface area (Å²) in [6, 6.07) is 0. The van der Waals surface area contributed by atoms with Crippen molar-refractivity contribution in [1.29, 1.82) is 0 Å². The maximum absolute atomic E-state index is 11.8. The molecule has 0 unspecified atom stereocenters. The van der Waals surface area contributed by atoms with E-state index in [0.29, 0.717) is 11.6 Å². The highest BCUT2D eigenvalue weighted by atomic mass is 32.1. The molecule has 28 heavy (non-hydrogen) atoms. The smallest absolute Gasteiger partial charge is 0.226 e. The van der Waals surface area contributed by atoms with Crippen LogP contribution in [0.15, 0.2) is 54.0 Å². The second-order valence-electron chi connectivity index (χ2n) is 6.82. The Hall–Kier alpha value is -1.94. The van der Waals surface area contributed by atoms with Crippen LogP contribution in [-0.4, -0.2) is 10.9 Å². The van der Waals surface area contributed by atoms with Crippen LogP contribution in [0.2, 0.25) is 0 Å². The molecule has 0 fully saturated rings. The average Bonchev–Trinajstić information content (AvgIpc) is 3.08. The summed E-state index contributed by atoms with van der Waals surface area (Å²) in [7, 11) is 0.